The van der Waals surface area contributed by atoms with Crippen molar-refractivity contribution in [3.8, 4) is 5.75 Å². The zero-order valence-corrected chi connectivity index (χ0v) is 18.2. The molecule has 0 aromatic heterocycles. The molecule has 1 amide bonds. The van der Waals surface area contributed by atoms with Crippen LogP contribution in [0, 0.1) is 5.92 Å². The Labute approximate surface area is 181 Å². The highest BCUT2D eigenvalue weighted by Gasteiger charge is 2.32. The lowest BCUT2D eigenvalue weighted by atomic mass is 9.97. The Bertz CT molecular complexity index is 1000. The molecule has 2 aromatic carbocycles. The molecule has 1 aliphatic rings. The summed E-state index contributed by atoms with van der Waals surface area (Å²) in [6.45, 7) is 1.50. The van der Waals surface area contributed by atoms with Gasteiger partial charge in [-0.25, -0.2) is 8.42 Å². The van der Waals surface area contributed by atoms with Gasteiger partial charge in [-0.3, -0.25) is 4.79 Å². The summed E-state index contributed by atoms with van der Waals surface area (Å²) in [5.74, 6) is -0.573. The number of hydrogen-bond acceptors (Lipinski definition) is 4. The average molecular weight is 453 g/mol. The van der Waals surface area contributed by atoms with E-state index in [-0.39, 0.29) is 35.3 Å². The highest BCUT2D eigenvalue weighted by Crippen LogP contribution is 2.29. The molecule has 1 heterocycles. The largest absolute Gasteiger partial charge is 0.433 e. The number of halogens is 2. The lowest BCUT2D eigenvalue weighted by Crippen LogP contribution is -2.41. The zero-order chi connectivity index (χ0) is 22.6. The van der Waals surface area contributed by atoms with Crippen LogP contribution in [0.1, 0.15) is 38.2 Å². The molecule has 0 radical (unpaired) electrons. The molecular weight excluding hydrogens is 426 g/mol. The van der Waals surface area contributed by atoms with E-state index in [2.05, 4.69) is 10.1 Å². The van der Waals surface area contributed by atoms with E-state index in [4.69, 9.17) is 0 Å². The number of alkyl halides is 2. The Kier molecular flexibility index (Phi) is 7.27. The van der Waals surface area contributed by atoms with Gasteiger partial charge in [-0.15, -0.1) is 0 Å². The van der Waals surface area contributed by atoms with Crippen LogP contribution in [0.15, 0.2) is 53.4 Å². The number of ether oxygens (including phenoxy) is 1. The number of benzene rings is 2. The first-order chi connectivity index (χ1) is 14.7. The summed E-state index contributed by atoms with van der Waals surface area (Å²) < 4.78 is 56.8. The van der Waals surface area contributed by atoms with Crippen molar-refractivity contribution < 1.29 is 26.7 Å². The normalized spacial score (nSPS) is 15.9. The molecule has 9 heteroatoms. The maximum atomic E-state index is 12.9. The Balaban J connectivity index is 1.62. The summed E-state index contributed by atoms with van der Waals surface area (Å²) >= 11 is 0. The smallest absolute Gasteiger partial charge is 0.387 e. The van der Waals surface area contributed by atoms with Gasteiger partial charge in [0, 0.05) is 19.0 Å². The van der Waals surface area contributed by atoms with Crippen LogP contribution >= 0.6 is 0 Å². The topological polar surface area (TPSA) is 75.7 Å². The maximum absolute atomic E-state index is 12.9. The van der Waals surface area contributed by atoms with E-state index in [9.17, 15) is 22.0 Å². The number of nitrogens with one attached hydrogen (secondary N) is 1. The van der Waals surface area contributed by atoms with Crippen molar-refractivity contribution in [3.05, 3.63) is 54.1 Å². The summed E-state index contributed by atoms with van der Waals surface area (Å²) in [6.07, 6.45) is 0.681. The third kappa shape index (κ3) is 5.59. The first-order valence-corrected chi connectivity index (χ1v) is 11.6. The van der Waals surface area contributed by atoms with E-state index in [1.165, 1.54) is 22.5 Å². The number of para-hydroxylation sites is 2. The second-order valence-electron chi connectivity index (χ2n) is 7.77. The summed E-state index contributed by atoms with van der Waals surface area (Å²) in [6, 6.07) is 12.8. The summed E-state index contributed by atoms with van der Waals surface area (Å²) in [7, 11) is -3.63. The predicted molar refractivity (Wildman–Crippen MR) is 114 cm³/mol. The minimum absolute atomic E-state index is 0.115. The number of nitrogens with zero attached hydrogens (tertiary/aromatic N) is 1. The van der Waals surface area contributed by atoms with E-state index >= 15 is 0 Å². The Morgan fingerprint density at radius 3 is 2.26 bits per heavy atom. The van der Waals surface area contributed by atoms with Gasteiger partial charge in [0.15, 0.2) is 0 Å². The molecule has 3 rings (SSSR count). The second kappa shape index (κ2) is 9.74. The fourth-order valence-corrected chi connectivity index (χ4v) is 5.01. The van der Waals surface area contributed by atoms with Crippen LogP contribution in [0.5, 0.6) is 5.75 Å². The summed E-state index contributed by atoms with van der Waals surface area (Å²) in [5.41, 5.74) is 1.22. The Morgan fingerprint density at radius 2 is 1.68 bits per heavy atom. The first kappa shape index (κ1) is 23.1. The molecule has 6 nitrogen and oxygen atoms in total. The molecule has 0 unspecified atom stereocenters. The van der Waals surface area contributed by atoms with Crippen LogP contribution < -0.4 is 10.1 Å². The third-order valence-corrected chi connectivity index (χ3v) is 7.28. The minimum atomic E-state index is -3.63. The fraction of sp³-hybridized carbons (Fsp3) is 0.409. The summed E-state index contributed by atoms with van der Waals surface area (Å²) in [5, 5.41) is 2.62. The number of piperidine rings is 1. The number of carbonyl (C=O) groups excluding carboxylic acids is 1. The number of rotatable bonds is 7. The number of sulfonamides is 1. The van der Waals surface area contributed by atoms with E-state index in [1.807, 2.05) is 26.0 Å². The molecule has 1 aliphatic heterocycles. The molecular formula is C22H26F2N2O4S. The quantitative estimate of drug-likeness (QED) is 0.674. The van der Waals surface area contributed by atoms with Gasteiger partial charge in [-0.05, 0) is 48.6 Å². The molecule has 2 aromatic rings. The van der Waals surface area contributed by atoms with Crippen LogP contribution in [0.4, 0.5) is 14.5 Å². The number of hydrogen-bond donors (Lipinski definition) is 1. The molecule has 0 aliphatic carbocycles. The third-order valence-electron chi connectivity index (χ3n) is 5.37. The van der Waals surface area contributed by atoms with Crippen molar-refractivity contribution in [3.63, 3.8) is 0 Å². The molecule has 0 spiro atoms. The van der Waals surface area contributed by atoms with Crippen LogP contribution in [-0.2, 0) is 14.8 Å². The monoisotopic (exact) mass is 452 g/mol. The number of carbonyl (C=O) groups is 1. The highest BCUT2D eigenvalue weighted by atomic mass is 32.2. The van der Waals surface area contributed by atoms with Crippen molar-refractivity contribution in [1.82, 2.24) is 4.31 Å². The standard InChI is InChI=1S/C22H26F2N2O4S/c1-15(2)16-7-9-18(10-8-16)31(28,29)26-13-11-17(12-14-26)21(27)25-19-5-3-4-6-20(19)30-22(23)24/h3-10,15,17,22H,11-14H2,1-2H3,(H,25,27). The molecule has 0 atom stereocenters. The van der Waals surface area contributed by atoms with Gasteiger partial charge in [-0.1, -0.05) is 38.1 Å². The van der Waals surface area contributed by atoms with E-state index < -0.39 is 22.6 Å². The predicted octanol–water partition coefficient (Wildman–Crippen LogP) is 4.45. The molecule has 0 bridgehead atoms. The van der Waals surface area contributed by atoms with Gasteiger partial charge in [0.2, 0.25) is 15.9 Å². The molecule has 31 heavy (non-hydrogen) atoms. The molecule has 0 saturated carbocycles. The fourth-order valence-electron chi connectivity index (χ4n) is 3.54. The van der Waals surface area contributed by atoms with E-state index in [1.54, 1.807) is 18.2 Å². The van der Waals surface area contributed by atoms with Gasteiger partial charge in [0.1, 0.15) is 5.75 Å². The van der Waals surface area contributed by atoms with Gasteiger partial charge in [-0.2, -0.15) is 13.1 Å². The minimum Gasteiger partial charge on any atom is -0.433 e. The van der Waals surface area contributed by atoms with Crippen LogP contribution in [0.3, 0.4) is 0 Å². The van der Waals surface area contributed by atoms with Gasteiger partial charge < -0.3 is 10.1 Å². The van der Waals surface area contributed by atoms with Crippen molar-refractivity contribution >= 4 is 21.6 Å². The first-order valence-electron chi connectivity index (χ1n) is 10.1. The van der Waals surface area contributed by atoms with Crippen molar-refractivity contribution in [2.75, 3.05) is 18.4 Å². The number of amides is 1. The lowest BCUT2D eigenvalue weighted by Gasteiger charge is -2.30. The van der Waals surface area contributed by atoms with Crippen molar-refractivity contribution in [2.45, 2.75) is 44.1 Å². The van der Waals surface area contributed by atoms with Crippen molar-refractivity contribution in [1.29, 1.82) is 0 Å². The molecule has 168 valence electrons. The van der Waals surface area contributed by atoms with Crippen LogP contribution in [0.25, 0.3) is 0 Å². The highest BCUT2D eigenvalue weighted by molar-refractivity contribution is 7.89. The molecule has 1 N–H and O–H groups in total. The Hall–Kier alpha value is -2.52. The second-order valence-corrected chi connectivity index (χ2v) is 9.70. The van der Waals surface area contributed by atoms with Crippen LogP contribution in [0.2, 0.25) is 0 Å². The van der Waals surface area contributed by atoms with Gasteiger partial charge in [0.25, 0.3) is 0 Å². The van der Waals surface area contributed by atoms with Crippen molar-refractivity contribution in [2.24, 2.45) is 5.92 Å². The maximum Gasteiger partial charge on any atom is 0.387 e. The summed E-state index contributed by atoms with van der Waals surface area (Å²) in [4.78, 5) is 12.8. The Morgan fingerprint density at radius 1 is 1.06 bits per heavy atom. The van der Waals surface area contributed by atoms with Gasteiger partial charge >= 0.3 is 6.61 Å². The van der Waals surface area contributed by atoms with Gasteiger partial charge in [0.05, 0.1) is 10.6 Å². The SMILES string of the molecule is CC(C)c1ccc(S(=O)(=O)N2CCC(C(=O)Nc3ccccc3OC(F)F)CC2)cc1. The van der Waals surface area contributed by atoms with Crippen LogP contribution in [-0.4, -0.2) is 38.3 Å². The van der Waals surface area contributed by atoms with E-state index in [0.29, 0.717) is 18.8 Å². The molecule has 1 saturated heterocycles. The zero-order valence-electron chi connectivity index (χ0n) is 17.4. The number of anilines is 1. The van der Waals surface area contributed by atoms with E-state index in [0.717, 1.165) is 5.56 Å². The molecule has 1 fully saturated rings. The average Bonchev–Trinajstić information content (AvgIpc) is 2.75. The lowest BCUT2D eigenvalue weighted by molar-refractivity contribution is -0.121.